The minimum Gasteiger partial charge on any atom is -0.383 e. The van der Waals surface area contributed by atoms with Crippen LogP contribution in [-0.4, -0.2) is 16.9 Å². The van der Waals surface area contributed by atoms with Gasteiger partial charge in [-0.1, -0.05) is 30.3 Å². The summed E-state index contributed by atoms with van der Waals surface area (Å²) in [5, 5.41) is 15.1. The molecule has 2 amide bonds. The van der Waals surface area contributed by atoms with Gasteiger partial charge in [0, 0.05) is 15.4 Å². The van der Waals surface area contributed by atoms with Gasteiger partial charge in [-0.2, -0.15) is 13.2 Å². The van der Waals surface area contributed by atoms with Gasteiger partial charge in [-0.05, 0) is 42.0 Å². The lowest BCUT2D eigenvalue weighted by Gasteiger charge is -2.09. The maximum absolute atomic E-state index is 12.6. The molecule has 0 saturated carbocycles. The van der Waals surface area contributed by atoms with Crippen LogP contribution in [0.3, 0.4) is 0 Å². The molecule has 2 aromatic carbocycles. The van der Waals surface area contributed by atoms with Crippen molar-refractivity contribution in [3.8, 4) is 0 Å². The molecule has 0 saturated heterocycles. The second kappa shape index (κ2) is 9.10. The lowest BCUT2D eigenvalue weighted by molar-refractivity contribution is -0.137. The van der Waals surface area contributed by atoms with E-state index in [-0.39, 0.29) is 12.2 Å². The number of alkyl halides is 3. The minimum absolute atomic E-state index is 0.0748. The Labute approximate surface area is 174 Å². The normalized spacial score (nSPS) is 12.3. The monoisotopic (exact) mass is 434 g/mol. The molecule has 3 rings (SSSR count). The smallest absolute Gasteiger partial charge is 0.383 e. The van der Waals surface area contributed by atoms with E-state index in [2.05, 4.69) is 10.6 Å². The quantitative estimate of drug-likeness (QED) is 0.529. The SMILES string of the molecule is O=C(NCc1ccc([C@@H](O)c2ccccc2)s1)C(=O)Nc1ccc(C(F)(F)F)cc1. The Kier molecular flexibility index (Phi) is 6.53. The van der Waals surface area contributed by atoms with Gasteiger partial charge in [-0.3, -0.25) is 9.59 Å². The molecule has 1 heterocycles. The highest BCUT2D eigenvalue weighted by Crippen LogP contribution is 2.30. The van der Waals surface area contributed by atoms with E-state index < -0.39 is 29.7 Å². The lowest BCUT2D eigenvalue weighted by atomic mass is 10.1. The van der Waals surface area contributed by atoms with Crippen LogP contribution in [0.4, 0.5) is 18.9 Å². The highest BCUT2D eigenvalue weighted by Gasteiger charge is 2.30. The van der Waals surface area contributed by atoms with E-state index in [0.29, 0.717) is 4.88 Å². The molecule has 5 nitrogen and oxygen atoms in total. The number of hydrogen-bond donors (Lipinski definition) is 3. The summed E-state index contributed by atoms with van der Waals surface area (Å²) in [5.41, 5.74) is -0.0328. The summed E-state index contributed by atoms with van der Waals surface area (Å²) in [5.74, 6) is -1.91. The average Bonchev–Trinajstić information content (AvgIpc) is 3.21. The molecule has 3 N–H and O–H groups in total. The molecule has 0 fully saturated rings. The zero-order valence-corrected chi connectivity index (χ0v) is 16.3. The minimum atomic E-state index is -4.48. The molecule has 0 aliphatic heterocycles. The van der Waals surface area contributed by atoms with Crippen LogP contribution < -0.4 is 10.6 Å². The van der Waals surface area contributed by atoms with E-state index in [0.717, 1.165) is 34.7 Å². The molecule has 1 atom stereocenters. The Balaban J connectivity index is 1.53. The zero-order valence-electron chi connectivity index (χ0n) is 15.4. The first kappa shape index (κ1) is 21.5. The number of thiophene rings is 1. The fourth-order valence-electron chi connectivity index (χ4n) is 2.61. The third kappa shape index (κ3) is 5.46. The van der Waals surface area contributed by atoms with Crippen LogP contribution >= 0.6 is 11.3 Å². The van der Waals surface area contributed by atoms with Gasteiger partial charge in [0.05, 0.1) is 12.1 Å². The molecule has 0 spiro atoms. The number of rotatable bonds is 5. The third-order valence-corrected chi connectivity index (χ3v) is 5.30. The number of carbonyl (C=O) groups is 2. The number of benzene rings is 2. The number of aliphatic hydroxyl groups excluding tert-OH is 1. The van der Waals surface area contributed by atoms with Gasteiger partial charge in [0.25, 0.3) is 0 Å². The van der Waals surface area contributed by atoms with Crippen molar-refractivity contribution in [2.45, 2.75) is 18.8 Å². The molecule has 0 bridgehead atoms. The Bertz CT molecular complexity index is 1020. The standard InChI is InChI=1S/C21H17F3N2O3S/c22-21(23,24)14-6-8-15(9-7-14)26-20(29)19(28)25-12-16-10-11-17(30-16)18(27)13-4-2-1-3-5-13/h1-11,18,27H,12H2,(H,25,28)(H,26,29)/t18-/m0/s1. The topological polar surface area (TPSA) is 78.4 Å². The Hall–Kier alpha value is -3.17. The van der Waals surface area contributed by atoms with E-state index >= 15 is 0 Å². The molecule has 0 aliphatic carbocycles. The van der Waals surface area contributed by atoms with E-state index in [1.165, 1.54) is 11.3 Å². The van der Waals surface area contributed by atoms with Crippen molar-refractivity contribution in [3.05, 3.63) is 87.6 Å². The molecule has 0 radical (unpaired) electrons. The van der Waals surface area contributed by atoms with Crippen molar-refractivity contribution in [1.82, 2.24) is 5.32 Å². The van der Waals surface area contributed by atoms with Gasteiger partial charge in [-0.15, -0.1) is 11.3 Å². The van der Waals surface area contributed by atoms with Gasteiger partial charge in [-0.25, -0.2) is 0 Å². The van der Waals surface area contributed by atoms with Gasteiger partial charge in [0.2, 0.25) is 0 Å². The Morgan fingerprint density at radius 3 is 2.23 bits per heavy atom. The van der Waals surface area contributed by atoms with E-state index in [1.807, 2.05) is 18.2 Å². The number of halogens is 3. The predicted octanol–water partition coefficient (Wildman–Crippen LogP) is 4.10. The van der Waals surface area contributed by atoms with E-state index in [9.17, 15) is 27.9 Å². The molecular weight excluding hydrogens is 417 g/mol. The number of aliphatic hydroxyl groups is 1. The van der Waals surface area contributed by atoms with E-state index in [4.69, 9.17) is 0 Å². The van der Waals surface area contributed by atoms with Crippen molar-refractivity contribution < 1.29 is 27.9 Å². The largest absolute Gasteiger partial charge is 0.416 e. The van der Waals surface area contributed by atoms with Crippen molar-refractivity contribution in [2.24, 2.45) is 0 Å². The van der Waals surface area contributed by atoms with Gasteiger partial charge in [0.1, 0.15) is 6.10 Å². The molecule has 0 aliphatic rings. The maximum Gasteiger partial charge on any atom is 0.416 e. The molecular formula is C21H17F3N2O3S. The van der Waals surface area contributed by atoms with Crippen LogP contribution in [-0.2, 0) is 22.3 Å². The highest BCUT2D eigenvalue weighted by molar-refractivity contribution is 7.12. The fraction of sp³-hybridized carbons (Fsp3) is 0.143. The van der Waals surface area contributed by atoms with Crippen LogP contribution in [0, 0.1) is 0 Å². The second-order valence-corrected chi connectivity index (χ2v) is 7.53. The van der Waals surface area contributed by atoms with Gasteiger partial charge >= 0.3 is 18.0 Å². The molecule has 3 aromatic rings. The highest BCUT2D eigenvalue weighted by atomic mass is 32.1. The van der Waals surface area contributed by atoms with Gasteiger partial charge in [0.15, 0.2) is 0 Å². The van der Waals surface area contributed by atoms with Crippen LogP contribution in [0.25, 0.3) is 0 Å². The number of hydrogen-bond acceptors (Lipinski definition) is 4. The van der Waals surface area contributed by atoms with Crippen molar-refractivity contribution in [1.29, 1.82) is 0 Å². The van der Waals surface area contributed by atoms with Crippen molar-refractivity contribution in [2.75, 3.05) is 5.32 Å². The molecule has 0 unspecified atom stereocenters. The summed E-state index contributed by atoms with van der Waals surface area (Å²) in [7, 11) is 0. The number of amides is 2. The number of anilines is 1. The van der Waals surface area contributed by atoms with Gasteiger partial charge < -0.3 is 15.7 Å². The van der Waals surface area contributed by atoms with Crippen LogP contribution in [0.15, 0.2) is 66.7 Å². The molecule has 9 heteroatoms. The first-order valence-corrected chi connectivity index (χ1v) is 9.64. The molecule has 30 heavy (non-hydrogen) atoms. The number of carbonyl (C=O) groups excluding carboxylic acids is 2. The lowest BCUT2D eigenvalue weighted by Crippen LogP contribution is -2.34. The number of nitrogens with one attached hydrogen (secondary N) is 2. The molecule has 156 valence electrons. The van der Waals surface area contributed by atoms with Crippen molar-refractivity contribution in [3.63, 3.8) is 0 Å². The molecule has 1 aromatic heterocycles. The Morgan fingerprint density at radius 1 is 0.933 bits per heavy atom. The van der Waals surface area contributed by atoms with Crippen LogP contribution in [0.1, 0.15) is 27.0 Å². The summed E-state index contributed by atoms with van der Waals surface area (Å²) in [4.78, 5) is 25.3. The summed E-state index contributed by atoms with van der Waals surface area (Å²) >= 11 is 1.29. The second-order valence-electron chi connectivity index (χ2n) is 6.33. The Morgan fingerprint density at radius 2 is 1.60 bits per heavy atom. The first-order chi connectivity index (χ1) is 14.2. The zero-order chi connectivity index (χ0) is 21.7. The maximum atomic E-state index is 12.6. The van der Waals surface area contributed by atoms with Crippen molar-refractivity contribution >= 4 is 28.8 Å². The average molecular weight is 434 g/mol. The summed E-state index contributed by atoms with van der Waals surface area (Å²) in [6.07, 6.45) is -5.27. The predicted molar refractivity (Wildman–Crippen MR) is 107 cm³/mol. The summed E-state index contributed by atoms with van der Waals surface area (Å²) in [6, 6.07) is 16.4. The fourth-order valence-corrected chi connectivity index (χ4v) is 3.58. The third-order valence-electron chi connectivity index (χ3n) is 4.17. The van der Waals surface area contributed by atoms with Crippen LogP contribution in [0.5, 0.6) is 0 Å². The van der Waals surface area contributed by atoms with E-state index in [1.54, 1.807) is 24.3 Å². The summed E-state index contributed by atoms with van der Waals surface area (Å²) in [6.45, 7) is 0.0748. The van der Waals surface area contributed by atoms with Crippen LogP contribution in [0.2, 0.25) is 0 Å². The first-order valence-electron chi connectivity index (χ1n) is 8.82. The summed E-state index contributed by atoms with van der Waals surface area (Å²) < 4.78 is 37.7.